The summed E-state index contributed by atoms with van der Waals surface area (Å²) in [5.74, 6) is -0.110. The highest BCUT2D eigenvalue weighted by molar-refractivity contribution is 6.35. The first-order chi connectivity index (χ1) is 11.6. The SMILES string of the molecule is O=C(Nc1cc(Cl)cc(Cl)c1)[C@H](c1ccccc1)N1CCOCC1. The Morgan fingerprint density at radius 2 is 1.67 bits per heavy atom. The Hall–Kier alpha value is -1.59. The molecule has 0 aromatic heterocycles. The molecule has 0 saturated carbocycles. The van der Waals surface area contributed by atoms with Gasteiger partial charge in [-0.2, -0.15) is 0 Å². The summed E-state index contributed by atoms with van der Waals surface area (Å²) in [6, 6.07) is 14.4. The number of hydrogen-bond donors (Lipinski definition) is 1. The van der Waals surface area contributed by atoms with Gasteiger partial charge in [-0.15, -0.1) is 0 Å². The zero-order chi connectivity index (χ0) is 16.9. The van der Waals surface area contributed by atoms with Gasteiger partial charge >= 0.3 is 0 Å². The number of ether oxygens (including phenoxy) is 1. The van der Waals surface area contributed by atoms with Crippen LogP contribution in [0.15, 0.2) is 48.5 Å². The summed E-state index contributed by atoms with van der Waals surface area (Å²) >= 11 is 12.0. The molecule has 1 fully saturated rings. The van der Waals surface area contributed by atoms with E-state index >= 15 is 0 Å². The zero-order valence-corrected chi connectivity index (χ0v) is 14.6. The largest absolute Gasteiger partial charge is 0.379 e. The van der Waals surface area contributed by atoms with Crippen LogP contribution in [0.3, 0.4) is 0 Å². The summed E-state index contributed by atoms with van der Waals surface area (Å²) in [5.41, 5.74) is 1.54. The fourth-order valence-electron chi connectivity index (χ4n) is 2.84. The zero-order valence-electron chi connectivity index (χ0n) is 13.0. The van der Waals surface area contributed by atoms with Gasteiger partial charge in [-0.1, -0.05) is 53.5 Å². The predicted molar refractivity (Wildman–Crippen MR) is 96.7 cm³/mol. The third kappa shape index (κ3) is 4.28. The number of morpholine rings is 1. The van der Waals surface area contributed by atoms with Crippen molar-refractivity contribution in [1.29, 1.82) is 0 Å². The summed E-state index contributed by atoms with van der Waals surface area (Å²) in [7, 11) is 0. The van der Waals surface area contributed by atoms with E-state index < -0.39 is 0 Å². The van der Waals surface area contributed by atoms with Crippen molar-refractivity contribution < 1.29 is 9.53 Å². The highest BCUT2D eigenvalue weighted by atomic mass is 35.5. The van der Waals surface area contributed by atoms with Crippen LogP contribution in [0.2, 0.25) is 10.0 Å². The van der Waals surface area contributed by atoms with E-state index in [1.807, 2.05) is 30.3 Å². The molecule has 24 heavy (non-hydrogen) atoms. The molecule has 1 aliphatic rings. The molecule has 2 aromatic rings. The number of amides is 1. The predicted octanol–water partition coefficient (Wildman–Crippen LogP) is 4.01. The van der Waals surface area contributed by atoms with Crippen LogP contribution < -0.4 is 5.32 Å². The fourth-order valence-corrected chi connectivity index (χ4v) is 3.36. The lowest BCUT2D eigenvalue weighted by atomic mass is 10.0. The van der Waals surface area contributed by atoms with Gasteiger partial charge in [0.05, 0.1) is 13.2 Å². The van der Waals surface area contributed by atoms with Crippen LogP contribution in [-0.4, -0.2) is 37.1 Å². The second kappa shape index (κ2) is 7.99. The van der Waals surface area contributed by atoms with E-state index in [0.717, 1.165) is 5.56 Å². The molecule has 0 radical (unpaired) electrons. The summed E-state index contributed by atoms with van der Waals surface area (Å²) in [6.07, 6.45) is 0. The van der Waals surface area contributed by atoms with Crippen molar-refractivity contribution in [3.05, 3.63) is 64.1 Å². The van der Waals surface area contributed by atoms with E-state index in [0.29, 0.717) is 42.0 Å². The number of carbonyl (C=O) groups excluding carboxylic acids is 1. The Morgan fingerprint density at radius 3 is 2.29 bits per heavy atom. The number of anilines is 1. The van der Waals surface area contributed by atoms with Gasteiger partial charge in [0.1, 0.15) is 6.04 Å². The van der Waals surface area contributed by atoms with Crippen LogP contribution in [0, 0.1) is 0 Å². The Kier molecular flexibility index (Phi) is 5.74. The molecule has 3 rings (SSSR count). The molecule has 1 heterocycles. The maximum atomic E-state index is 13.0. The molecule has 0 aliphatic carbocycles. The van der Waals surface area contributed by atoms with Crippen molar-refractivity contribution in [2.24, 2.45) is 0 Å². The summed E-state index contributed by atoms with van der Waals surface area (Å²) < 4.78 is 5.41. The molecule has 2 aromatic carbocycles. The maximum absolute atomic E-state index is 13.0. The van der Waals surface area contributed by atoms with Crippen molar-refractivity contribution in [2.45, 2.75) is 6.04 Å². The van der Waals surface area contributed by atoms with Gasteiger partial charge in [0, 0.05) is 28.8 Å². The molecular weight excluding hydrogens is 347 g/mol. The van der Waals surface area contributed by atoms with E-state index in [-0.39, 0.29) is 11.9 Å². The molecule has 6 heteroatoms. The van der Waals surface area contributed by atoms with Gasteiger partial charge in [0.25, 0.3) is 0 Å². The Labute approximate surface area is 151 Å². The van der Waals surface area contributed by atoms with Crippen molar-refractivity contribution in [1.82, 2.24) is 4.90 Å². The number of rotatable bonds is 4. The lowest BCUT2D eigenvalue weighted by Gasteiger charge is -2.33. The second-order valence-electron chi connectivity index (χ2n) is 5.61. The minimum absolute atomic E-state index is 0.110. The lowest BCUT2D eigenvalue weighted by Crippen LogP contribution is -2.43. The minimum atomic E-state index is -0.382. The molecule has 0 bridgehead atoms. The molecule has 1 saturated heterocycles. The smallest absolute Gasteiger partial charge is 0.246 e. The molecule has 126 valence electrons. The van der Waals surface area contributed by atoms with Crippen molar-refractivity contribution in [3.8, 4) is 0 Å². The number of carbonyl (C=O) groups is 1. The first-order valence-electron chi connectivity index (χ1n) is 7.77. The van der Waals surface area contributed by atoms with Crippen LogP contribution in [0.5, 0.6) is 0 Å². The van der Waals surface area contributed by atoms with E-state index in [1.54, 1.807) is 18.2 Å². The van der Waals surface area contributed by atoms with Crippen LogP contribution in [0.25, 0.3) is 0 Å². The van der Waals surface area contributed by atoms with Gasteiger partial charge in [-0.25, -0.2) is 0 Å². The third-order valence-corrected chi connectivity index (χ3v) is 4.34. The van der Waals surface area contributed by atoms with E-state index in [4.69, 9.17) is 27.9 Å². The molecule has 1 aliphatic heterocycles. The van der Waals surface area contributed by atoms with E-state index in [1.165, 1.54) is 0 Å². The number of nitrogens with zero attached hydrogens (tertiary/aromatic N) is 1. The van der Waals surface area contributed by atoms with Crippen molar-refractivity contribution in [2.75, 3.05) is 31.6 Å². The average Bonchev–Trinajstić information content (AvgIpc) is 2.56. The number of nitrogens with one attached hydrogen (secondary N) is 1. The average molecular weight is 365 g/mol. The van der Waals surface area contributed by atoms with E-state index in [2.05, 4.69) is 10.2 Å². The summed E-state index contributed by atoms with van der Waals surface area (Å²) in [6.45, 7) is 2.67. The van der Waals surface area contributed by atoms with Crippen LogP contribution in [0.1, 0.15) is 11.6 Å². The molecule has 1 amide bonds. The van der Waals surface area contributed by atoms with Crippen LogP contribution >= 0.6 is 23.2 Å². The van der Waals surface area contributed by atoms with Gasteiger partial charge in [0.2, 0.25) is 5.91 Å². The monoisotopic (exact) mass is 364 g/mol. The normalized spacial score (nSPS) is 16.6. The Balaban J connectivity index is 1.85. The molecule has 4 nitrogen and oxygen atoms in total. The van der Waals surface area contributed by atoms with Crippen LogP contribution in [-0.2, 0) is 9.53 Å². The van der Waals surface area contributed by atoms with Gasteiger partial charge in [0.15, 0.2) is 0 Å². The Morgan fingerprint density at radius 1 is 1.04 bits per heavy atom. The Bertz CT molecular complexity index is 683. The van der Waals surface area contributed by atoms with Gasteiger partial charge < -0.3 is 10.1 Å². The molecular formula is C18H18Cl2N2O2. The van der Waals surface area contributed by atoms with E-state index in [9.17, 15) is 4.79 Å². The lowest BCUT2D eigenvalue weighted by molar-refractivity contribution is -0.123. The van der Waals surface area contributed by atoms with Crippen molar-refractivity contribution in [3.63, 3.8) is 0 Å². The topological polar surface area (TPSA) is 41.6 Å². The molecule has 0 spiro atoms. The van der Waals surface area contributed by atoms with Gasteiger partial charge in [-0.05, 0) is 23.8 Å². The van der Waals surface area contributed by atoms with Crippen LogP contribution in [0.4, 0.5) is 5.69 Å². The number of hydrogen-bond acceptors (Lipinski definition) is 3. The molecule has 1 atom stereocenters. The molecule has 0 unspecified atom stereocenters. The highest BCUT2D eigenvalue weighted by Gasteiger charge is 2.29. The first-order valence-corrected chi connectivity index (χ1v) is 8.53. The quantitative estimate of drug-likeness (QED) is 0.890. The summed E-state index contributed by atoms with van der Waals surface area (Å²) in [4.78, 5) is 15.1. The third-order valence-electron chi connectivity index (χ3n) is 3.90. The first kappa shape index (κ1) is 17.2. The second-order valence-corrected chi connectivity index (χ2v) is 6.48. The van der Waals surface area contributed by atoms with Gasteiger partial charge in [-0.3, -0.25) is 9.69 Å². The highest BCUT2D eigenvalue weighted by Crippen LogP contribution is 2.26. The number of halogens is 2. The number of benzene rings is 2. The van der Waals surface area contributed by atoms with Crippen molar-refractivity contribution >= 4 is 34.8 Å². The minimum Gasteiger partial charge on any atom is -0.379 e. The standard InChI is InChI=1S/C18H18Cl2N2O2/c19-14-10-15(20)12-16(11-14)21-18(23)17(13-4-2-1-3-5-13)22-6-8-24-9-7-22/h1-5,10-12,17H,6-9H2,(H,21,23)/t17-/m0/s1. The fraction of sp³-hybridized carbons (Fsp3) is 0.278. The molecule has 1 N–H and O–H groups in total. The maximum Gasteiger partial charge on any atom is 0.246 e. The summed E-state index contributed by atoms with van der Waals surface area (Å²) in [5, 5.41) is 3.90.